The van der Waals surface area contributed by atoms with Gasteiger partial charge in [0.05, 0.1) is 68.3 Å². The molecule has 5 aliphatic rings. The van der Waals surface area contributed by atoms with Crippen LogP contribution in [-0.2, 0) is 70.5 Å². The molecule has 16 nitrogen and oxygen atoms in total. The molecule has 0 saturated heterocycles. The van der Waals surface area contributed by atoms with Crippen molar-refractivity contribution in [2.45, 2.75) is 165 Å². The van der Waals surface area contributed by atoms with Crippen molar-refractivity contribution >= 4 is 46.9 Å². The number of amides is 4. The van der Waals surface area contributed by atoms with Gasteiger partial charge in [0, 0.05) is 47.9 Å². The fraction of sp³-hybridized carbons (Fsp3) is 0.389. The third-order valence-corrected chi connectivity index (χ3v) is 17.3. The Hall–Kier alpha value is -9.20. The van der Waals surface area contributed by atoms with Crippen LogP contribution in [0.2, 0.25) is 0 Å². The Balaban J connectivity index is 0.000000135. The lowest BCUT2D eigenvalue weighted by molar-refractivity contribution is -0.119. The Labute approximate surface area is 534 Å². The molecule has 92 heavy (non-hydrogen) atoms. The van der Waals surface area contributed by atoms with Crippen molar-refractivity contribution in [1.82, 2.24) is 39.9 Å². The van der Waals surface area contributed by atoms with Crippen LogP contribution in [-0.4, -0.2) is 63.5 Å². The molecule has 8 aromatic rings. The summed E-state index contributed by atoms with van der Waals surface area (Å²) in [7, 11) is 0. The summed E-state index contributed by atoms with van der Waals surface area (Å²) in [6, 6.07) is 19.1. The number of nitrogens with zero attached hydrogens (tertiary/aromatic N) is 8. The van der Waals surface area contributed by atoms with Crippen molar-refractivity contribution in [2.24, 2.45) is 17.8 Å². The minimum absolute atomic E-state index is 0.0348. The van der Waals surface area contributed by atoms with Gasteiger partial charge in [-0.3, -0.25) is 19.2 Å². The van der Waals surface area contributed by atoms with Gasteiger partial charge in [-0.25, -0.2) is 57.4 Å². The quantitative estimate of drug-likeness (QED) is 0.0940. The molecule has 4 aromatic carbocycles. The van der Waals surface area contributed by atoms with E-state index in [1.165, 1.54) is 50.5 Å². The summed E-state index contributed by atoms with van der Waals surface area (Å²) in [6.07, 6.45) is 13.6. The lowest BCUT2D eigenvalue weighted by atomic mass is 9.87. The van der Waals surface area contributed by atoms with Gasteiger partial charge in [-0.2, -0.15) is 0 Å². The van der Waals surface area contributed by atoms with Gasteiger partial charge in [0.15, 0.2) is 23.3 Å². The minimum Gasteiger partial charge on any atom is -0.309 e. The monoisotopic (exact) mass is 1250 g/mol. The number of halogens is 4. The van der Waals surface area contributed by atoms with Crippen molar-refractivity contribution < 1.29 is 36.7 Å². The first kappa shape index (κ1) is 65.7. The molecule has 1 saturated carbocycles. The molecule has 0 bridgehead atoms. The summed E-state index contributed by atoms with van der Waals surface area (Å²) in [5, 5.41) is 11.4. The van der Waals surface area contributed by atoms with Gasteiger partial charge in [0.1, 0.15) is 23.3 Å². The Morgan fingerprint density at radius 3 is 1.10 bits per heavy atom. The van der Waals surface area contributed by atoms with E-state index in [4.69, 9.17) is 0 Å². The highest BCUT2D eigenvalue weighted by Gasteiger charge is 2.27. The predicted octanol–water partition coefficient (Wildman–Crippen LogP) is 14.6. The van der Waals surface area contributed by atoms with Crippen LogP contribution in [0, 0.1) is 68.7 Å². The second kappa shape index (κ2) is 29.0. The first-order valence-electron chi connectivity index (χ1n) is 31.9. The molecule has 0 radical (unpaired) electrons. The van der Waals surface area contributed by atoms with Gasteiger partial charge >= 0.3 is 0 Å². The summed E-state index contributed by atoms with van der Waals surface area (Å²) < 4.78 is 53.5. The normalized spacial score (nSPS) is 14.1. The van der Waals surface area contributed by atoms with Crippen molar-refractivity contribution in [2.75, 3.05) is 21.3 Å². The molecule has 13 rings (SSSR count). The maximum Gasteiger partial charge on any atom is 0.228 e. The Bertz CT molecular complexity index is 4150. The van der Waals surface area contributed by atoms with Crippen molar-refractivity contribution in [1.29, 1.82) is 0 Å². The van der Waals surface area contributed by atoms with E-state index in [-0.39, 0.29) is 52.8 Å². The third-order valence-electron chi connectivity index (χ3n) is 17.3. The number of nitrogens with one attached hydrogen (secondary N) is 4. The van der Waals surface area contributed by atoms with Gasteiger partial charge in [0.25, 0.3) is 0 Å². The molecule has 5 aliphatic carbocycles. The van der Waals surface area contributed by atoms with Crippen LogP contribution in [0.1, 0.15) is 154 Å². The minimum atomic E-state index is -0.230. The molecule has 0 aliphatic heterocycles. The number of anilines is 4. The van der Waals surface area contributed by atoms with Crippen molar-refractivity contribution in [3.05, 3.63) is 164 Å². The topological polar surface area (TPSA) is 220 Å². The molecule has 4 N–H and O–H groups in total. The molecular formula is C72H78F4N12O4. The van der Waals surface area contributed by atoms with Gasteiger partial charge < -0.3 is 21.3 Å². The van der Waals surface area contributed by atoms with Gasteiger partial charge in [-0.1, -0.05) is 47.0 Å². The zero-order chi connectivity index (χ0) is 65.5. The first-order chi connectivity index (χ1) is 44.1. The molecule has 4 amide bonds. The van der Waals surface area contributed by atoms with Crippen LogP contribution in [0.5, 0.6) is 0 Å². The summed E-state index contributed by atoms with van der Waals surface area (Å²) in [5.41, 5.74) is 17.0. The number of aryl methyl sites for hydroxylation is 12. The zero-order valence-corrected chi connectivity index (χ0v) is 53.7. The molecule has 4 heterocycles. The smallest absolute Gasteiger partial charge is 0.228 e. The number of carbonyl (C=O) groups excluding carboxylic acids is 4. The number of benzene rings is 4. The van der Waals surface area contributed by atoms with Crippen LogP contribution in [0.4, 0.5) is 40.8 Å². The lowest BCUT2D eigenvalue weighted by Gasteiger charge is -2.22. The van der Waals surface area contributed by atoms with Crippen molar-refractivity contribution in [3.63, 3.8) is 0 Å². The first-order valence-corrected chi connectivity index (χ1v) is 31.9. The molecule has 1 unspecified atom stereocenters. The van der Waals surface area contributed by atoms with E-state index in [1.807, 2.05) is 48.5 Å². The van der Waals surface area contributed by atoms with Crippen LogP contribution in [0.25, 0.3) is 45.0 Å². The molecular weight excluding hydrogens is 1170 g/mol. The average molecular weight is 1250 g/mol. The van der Waals surface area contributed by atoms with E-state index in [0.717, 1.165) is 135 Å². The maximum absolute atomic E-state index is 13.5. The summed E-state index contributed by atoms with van der Waals surface area (Å²) in [5.74, 6) is 1.73. The highest BCUT2D eigenvalue weighted by Crippen LogP contribution is 2.38. The highest BCUT2D eigenvalue weighted by molar-refractivity contribution is 5.93. The predicted molar refractivity (Wildman–Crippen MR) is 349 cm³/mol. The second-order valence-corrected chi connectivity index (χ2v) is 24.9. The SMILES string of the molecule is CC(=O)Nc1nc2c(nc1C)-c1ccc(F)cc1CC2.CCC(C)C(=O)Nc1nc2c(nc1C)-c1ccc(F)cc1CC2.Cc1nc2c(nc1NC(=O)CC(C)C)CCc1cc(F)ccc1-2.Cc1nc2c(nc1NC(=O)CC1CCCCC1)CCc1cc(F)ccc1-2. The highest BCUT2D eigenvalue weighted by atomic mass is 19.1. The lowest BCUT2D eigenvalue weighted by Crippen LogP contribution is -2.22. The number of carbonyl (C=O) groups is 4. The molecule has 1 fully saturated rings. The van der Waals surface area contributed by atoms with E-state index < -0.39 is 0 Å². The number of hydrogen-bond acceptors (Lipinski definition) is 12. The number of fused-ring (bicyclic) bond motifs is 12. The summed E-state index contributed by atoms with van der Waals surface area (Å²) >= 11 is 0. The van der Waals surface area contributed by atoms with Gasteiger partial charge in [-0.15, -0.1) is 0 Å². The molecule has 4 aromatic heterocycles. The largest absolute Gasteiger partial charge is 0.309 e. The van der Waals surface area contributed by atoms with E-state index in [9.17, 15) is 36.7 Å². The third kappa shape index (κ3) is 15.7. The fourth-order valence-corrected chi connectivity index (χ4v) is 12.2. The van der Waals surface area contributed by atoms with Crippen LogP contribution < -0.4 is 21.3 Å². The molecule has 20 heteroatoms. The van der Waals surface area contributed by atoms with Crippen LogP contribution >= 0.6 is 0 Å². The fourth-order valence-electron chi connectivity index (χ4n) is 12.2. The number of hydrogen-bond donors (Lipinski definition) is 4. The second-order valence-electron chi connectivity index (χ2n) is 24.9. The van der Waals surface area contributed by atoms with E-state index in [0.29, 0.717) is 96.4 Å². The average Bonchev–Trinajstić information content (AvgIpc) is 0.824. The van der Waals surface area contributed by atoms with E-state index in [1.54, 1.807) is 55.5 Å². The standard InChI is InChI=1S/C21H24FN3O.2C18H20FN3O.C15H14FN3O/c1-13-21(25-19(26)11-14-5-3-2-4-6-14)24-18-10-7-15-12-16(22)8-9-17(15)20(18)23-13;1-10(2)8-16(23)22-18-11(3)20-17-14-6-5-13(19)9-12(14)4-7-15(17)21-18;1-4-10(2)18(23)22-17-11(3)20-16-14-7-6-13(19)9-12(14)5-8-15(16)21-17;1-8-15(18-9(2)20)19-13-6-3-10-7-11(16)4-5-12(10)14(13)17-8/h8-9,12,14H,2-7,10-11H2,1H3,(H,24,25,26);5-6,9-10H,4,7-8H2,1-3H3,(H,21,22,23);6-7,9-10H,4-5,8H2,1-3H3,(H,21,22,23);4-5,7H,3,6H2,1-2H3,(H,18,19,20). The van der Waals surface area contributed by atoms with Gasteiger partial charge in [-0.05, 0) is 205 Å². The molecule has 478 valence electrons. The Morgan fingerprint density at radius 1 is 0.446 bits per heavy atom. The van der Waals surface area contributed by atoms with Gasteiger partial charge in [0.2, 0.25) is 23.6 Å². The number of rotatable bonds is 10. The zero-order valence-electron chi connectivity index (χ0n) is 53.7. The van der Waals surface area contributed by atoms with E-state index >= 15 is 0 Å². The Kier molecular flexibility index (Phi) is 20.7. The summed E-state index contributed by atoms with van der Waals surface area (Å²) in [6.45, 7) is 16.6. The van der Waals surface area contributed by atoms with Crippen molar-refractivity contribution in [3.8, 4) is 45.0 Å². The maximum atomic E-state index is 13.5. The number of aromatic nitrogens is 8. The van der Waals surface area contributed by atoms with Crippen LogP contribution in [0.15, 0.2) is 72.8 Å². The molecule has 0 spiro atoms. The van der Waals surface area contributed by atoms with Crippen LogP contribution in [0.3, 0.4) is 0 Å². The summed E-state index contributed by atoms with van der Waals surface area (Å²) in [4.78, 5) is 84.4. The Morgan fingerprint density at radius 2 is 0.772 bits per heavy atom. The molecule has 1 atom stereocenters. The van der Waals surface area contributed by atoms with E-state index in [2.05, 4.69) is 61.1 Å².